The minimum Gasteiger partial charge on any atom is -0.491 e. The topological polar surface area (TPSA) is 71.7 Å². The Morgan fingerprint density at radius 3 is 2.68 bits per heavy atom. The number of rotatable bonds is 5. The van der Waals surface area contributed by atoms with Crippen molar-refractivity contribution in [2.24, 2.45) is 5.92 Å². The molecule has 216 valence electrons. The van der Waals surface area contributed by atoms with Gasteiger partial charge in [0.1, 0.15) is 5.75 Å². The van der Waals surface area contributed by atoms with Crippen LogP contribution < -0.4 is 9.64 Å². The van der Waals surface area contributed by atoms with E-state index in [1.165, 1.54) is 17.4 Å². The van der Waals surface area contributed by atoms with E-state index in [0.29, 0.717) is 48.3 Å². The summed E-state index contributed by atoms with van der Waals surface area (Å²) in [5, 5.41) is 4.19. The van der Waals surface area contributed by atoms with Gasteiger partial charge >= 0.3 is 6.18 Å². The summed E-state index contributed by atoms with van der Waals surface area (Å²) in [6.45, 7) is 4.56. The number of carbonyl (C=O) groups is 1. The van der Waals surface area contributed by atoms with E-state index in [1.807, 2.05) is 6.07 Å². The van der Waals surface area contributed by atoms with Crippen molar-refractivity contribution in [2.75, 3.05) is 24.6 Å². The Morgan fingerprint density at radius 2 is 1.95 bits per heavy atom. The Kier molecular flexibility index (Phi) is 6.37. The number of ether oxygens (including phenoxy) is 1. The highest BCUT2D eigenvalue weighted by atomic mass is 19.4. The number of piperidine rings is 1. The Balaban J connectivity index is 1.30. The summed E-state index contributed by atoms with van der Waals surface area (Å²) < 4.78 is 54.4. The first-order valence-electron chi connectivity index (χ1n) is 14.6. The summed E-state index contributed by atoms with van der Waals surface area (Å²) in [4.78, 5) is 22.0. The molecule has 1 saturated carbocycles. The predicted molar refractivity (Wildman–Crippen MR) is 145 cm³/mol. The van der Waals surface area contributed by atoms with Gasteiger partial charge in [-0.1, -0.05) is 31.0 Å². The number of hydrogen-bond acceptors (Lipinski definition) is 6. The van der Waals surface area contributed by atoms with Crippen molar-refractivity contribution >= 4 is 11.6 Å². The summed E-state index contributed by atoms with van der Waals surface area (Å²) in [5.41, 5.74) is 1.92. The van der Waals surface area contributed by atoms with E-state index in [1.54, 1.807) is 6.07 Å². The third kappa shape index (κ3) is 4.51. The van der Waals surface area contributed by atoms with Gasteiger partial charge in [0.15, 0.2) is 5.82 Å². The molecule has 2 aromatic carbocycles. The zero-order valence-electron chi connectivity index (χ0n) is 23.1. The first kappa shape index (κ1) is 26.5. The number of nitrogens with zero attached hydrogens (tertiary/aromatic N) is 4. The van der Waals surface area contributed by atoms with Gasteiger partial charge in [-0.3, -0.25) is 9.69 Å². The van der Waals surface area contributed by atoms with Crippen LogP contribution in [-0.4, -0.2) is 40.6 Å². The van der Waals surface area contributed by atoms with E-state index in [4.69, 9.17) is 9.26 Å². The van der Waals surface area contributed by atoms with Crippen LogP contribution in [-0.2, 0) is 31.1 Å². The zero-order chi connectivity index (χ0) is 28.4. The zero-order valence-corrected chi connectivity index (χ0v) is 23.1. The van der Waals surface area contributed by atoms with Gasteiger partial charge in [0.05, 0.1) is 29.8 Å². The number of benzene rings is 2. The Bertz CT molecular complexity index is 1480. The molecule has 0 radical (unpaired) electrons. The molecule has 1 amide bonds. The molecule has 3 aliphatic heterocycles. The lowest BCUT2D eigenvalue weighted by molar-refractivity contribution is -0.138. The summed E-state index contributed by atoms with van der Waals surface area (Å²) >= 11 is 0. The molecule has 1 aliphatic carbocycles. The van der Waals surface area contributed by atoms with Crippen LogP contribution in [0.5, 0.6) is 5.75 Å². The summed E-state index contributed by atoms with van der Waals surface area (Å²) in [6.07, 6.45) is 3.23. The first-order valence-corrected chi connectivity index (χ1v) is 14.6. The van der Waals surface area contributed by atoms with Crippen molar-refractivity contribution in [3.05, 3.63) is 69.9 Å². The average molecular weight is 567 g/mol. The molecule has 4 heterocycles. The Morgan fingerprint density at radius 1 is 1.12 bits per heavy atom. The average Bonchev–Trinajstić information content (AvgIpc) is 3.75. The molecule has 0 spiro atoms. The highest BCUT2D eigenvalue weighted by Crippen LogP contribution is 2.50. The van der Waals surface area contributed by atoms with Crippen LogP contribution in [0.15, 0.2) is 35.2 Å². The molecule has 1 atom stereocenters. The molecule has 3 aromatic rings. The molecule has 41 heavy (non-hydrogen) atoms. The number of anilines is 1. The van der Waals surface area contributed by atoms with E-state index in [9.17, 15) is 18.0 Å². The van der Waals surface area contributed by atoms with Crippen LogP contribution in [0, 0.1) is 5.92 Å². The Labute approximate surface area is 236 Å². The molecule has 4 aliphatic rings. The molecule has 1 aromatic heterocycles. The minimum atomic E-state index is -4.57. The van der Waals surface area contributed by atoms with Gasteiger partial charge in [0, 0.05) is 25.1 Å². The van der Waals surface area contributed by atoms with E-state index < -0.39 is 23.1 Å². The first-order chi connectivity index (χ1) is 19.7. The van der Waals surface area contributed by atoms with E-state index in [2.05, 4.69) is 28.0 Å². The number of likely N-dealkylation sites (tertiary alicyclic amines) is 1. The number of hydrogen-bond donors (Lipinski definition) is 0. The van der Waals surface area contributed by atoms with Gasteiger partial charge < -0.3 is 14.2 Å². The lowest BCUT2D eigenvalue weighted by Gasteiger charge is -2.31. The van der Waals surface area contributed by atoms with E-state index >= 15 is 0 Å². The second-order valence-corrected chi connectivity index (χ2v) is 12.2. The molecule has 10 heteroatoms. The highest BCUT2D eigenvalue weighted by Gasteiger charge is 2.45. The van der Waals surface area contributed by atoms with Crippen molar-refractivity contribution in [3.8, 4) is 5.75 Å². The van der Waals surface area contributed by atoms with Gasteiger partial charge in [-0.05, 0) is 78.6 Å². The molecular formula is C31H33F3N4O3. The quantitative estimate of drug-likeness (QED) is 0.362. The fourth-order valence-corrected chi connectivity index (χ4v) is 7.46. The van der Waals surface area contributed by atoms with Gasteiger partial charge in [-0.15, -0.1) is 0 Å². The summed E-state index contributed by atoms with van der Waals surface area (Å²) in [5.74, 6) is 1.26. The molecule has 2 fully saturated rings. The predicted octanol–water partition coefficient (Wildman–Crippen LogP) is 6.28. The normalized spacial score (nSPS) is 22.2. The molecule has 0 N–H and O–H groups in total. The third-order valence-corrected chi connectivity index (χ3v) is 9.41. The maximum absolute atomic E-state index is 14.4. The van der Waals surface area contributed by atoms with Crippen LogP contribution >= 0.6 is 0 Å². The number of aromatic nitrogens is 2. The Hall–Kier alpha value is -3.40. The SMILES string of the molecule is C[C@H]1CCCN(Cc2cc3c(c(C(F)(F)F)c2)CN(c2cc(C4(c5ncon5)CCCC4)cc4c2OCC4)C3=O)C1. The maximum Gasteiger partial charge on any atom is 0.416 e. The molecule has 0 unspecified atom stereocenters. The van der Waals surface area contributed by atoms with Gasteiger partial charge in [0.2, 0.25) is 6.39 Å². The van der Waals surface area contributed by atoms with Crippen LogP contribution in [0.1, 0.15) is 89.4 Å². The smallest absolute Gasteiger partial charge is 0.416 e. The molecular weight excluding hydrogens is 533 g/mol. The number of amides is 1. The standard InChI is InChI=1S/C31H33F3N4O3/c1-19-5-4-9-37(15-19)16-20-11-23-24(25(12-20)31(32,33)34)17-38(28(23)39)26-14-22(13-21-6-10-40-27(21)26)30(7-2-3-8-30)29-35-18-41-36-29/h11-14,18-19H,2-10,15-17H2,1H3/t19-/m0/s1. The third-order valence-electron chi connectivity index (χ3n) is 9.41. The second kappa shape index (κ2) is 9.86. The lowest BCUT2D eigenvalue weighted by Crippen LogP contribution is -2.33. The largest absolute Gasteiger partial charge is 0.491 e. The van der Waals surface area contributed by atoms with Crippen LogP contribution in [0.25, 0.3) is 0 Å². The van der Waals surface area contributed by atoms with Gasteiger partial charge in [-0.25, -0.2) is 0 Å². The molecule has 7 rings (SSSR count). The minimum absolute atomic E-state index is 0.0316. The number of fused-ring (bicyclic) bond motifs is 2. The van der Waals surface area contributed by atoms with Crippen LogP contribution in [0.4, 0.5) is 18.9 Å². The number of carbonyl (C=O) groups excluding carboxylic acids is 1. The molecule has 1 saturated heterocycles. The monoisotopic (exact) mass is 566 g/mol. The lowest BCUT2D eigenvalue weighted by atomic mass is 9.77. The van der Waals surface area contributed by atoms with Crippen molar-refractivity contribution in [3.63, 3.8) is 0 Å². The second-order valence-electron chi connectivity index (χ2n) is 12.2. The van der Waals surface area contributed by atoms with Crippen molar-refractivity contribution in [2.45, 2.75) is 76.6 Å². The van der Waals surface area contributed by atoms with Crippen molar-refractivity contribution in [1.29, 1.82) is 0 Å². The van der Waals surface area contributed by atoms with E-state index in [-0.39, 0.29) is 17.7 Å². The fraction of sp³-hybridized carbons (Fsp3) is 0.516. The highest BCUT2D eigenvalue weighted by molar-refractivity contribution is 6.11. The van der Waals surface area contributed by atoms with Gasteiger partial charge in [-0.2, -0.15) is 18.2 Å². The van der Waals surface area contributed by atoms with Crippen LogP contribution in [0.3, 0.4) is 0 Å². The molecule has 0 bridgehead atoms. The van der Waals surface area contributed by atoms with Crippen molar-refractivity contribution < 1.29 is 27.2 Å². The molecule has 7 nitrogen and oxygen atoms in total. The number of alkyl halides is 3. The number of halogens is 3. The van der Waals surface area contributed by atoms with E-state index in [0.717, 1.165) is 62.7 Å². The van der Waals surface area contributed by atoms with Crippen molar-refractivity contribution in [1.82, 2.24) is 15.0 Å². The summed E-state index contributed by atoms with van der Waals surface area (Å²) in [7, 11) is 0. The van der Waals surface area contributed by atoms with Gasteiger partial charge in [0.25, 0.3) is 5.91 Å². The van der Waals surface area contributed by atoms with Crippen LogP contribution in [0.2, 0.25) is 0 Å². The summed E-state index contributed by atoms with van der Waals surface area (Å²) in [6, 6.07) is 6.93. The maximum atomic E-state index is 14.4. The fourth-order valence-electron chi connectivity index (χ4n) is 7.46.